The quantitative estimate of drug-likeness (QED) is 0.326. The van der Waals surface area contributed by atoms with Crippen molar-refractivity contribution in [3.63, 3.8) is 0 Å². The van der Waals surface area contributed by atoms with Gasteiger partial charge in [-0.25, -0.2) is 0 Å². The molecule has 1 aliphatic rings. The molecule has 0 radical (unpaired) electrons. The van der Waals surface area contributed by atoms with E-state index >= 15 is 0 Å². The minimum Gasteiger partial charge on any atom is -0.0906 e. The van der Waals surface area contributed by atoms with Crippen molar-refractivity contribution < 1.29 is 0 Å². The second-order valence-corrected chi connectivity index (χ2v) is 7.21. The predicted molar refractivity (Wildman–Crippen MR) is 131 cm³/mol. The van der Waals surface area contributed by atoms with Crippen LogP contribution in [0.2, 0.25) is 0 Å². The zero-order chi connectivity index (χ0) is 21.4. The number of benzene rings is 1. The lowest BCUT2D eigenvalue weighted by atomic mass is 9.91. The maximum atomic E-state index is 4.27. The SMILES string of the molecule is C/C=C(/C)CCCCC.C=C(C1=CCCC=C1)c1cc(CC)ccc1C.CC. The van der Waals surface area contributed by atoms with Crippen molar-refractivity contribution in [3.05, 3.63) is 76.9 Å². The zero-order valence-corrected chi connectivity index (χ0v) is 19.7. The minimum absolute atomic E-state index is 1.08. The normalized spacial score (nSPS) is 13.0. The highest BCUT2D eigenvalue weighted by atomic mass is 14.1. The van der Waals surface area contributed by atoms with Crippen molar-refractivity contribution >= 4 is 5.57 Å². The van der Waals surface area contributed by atoms with E-state index < -0.39 is 0 Å². The van der Waals surface area contributed by atoms with E-state index in [1.54, 1.807) is 0 Å². The van der Waals surface area contributed by atoms with Gasteiger partial charge in [-0.3, -0.25) is 0 Å². The third-order valence-electron chi connectivity index (χ3n) is 5.05. The highest BCUT2D eigenvalue weighted by molar-refractivity contribution is 5.82. The monoisotopic (exact) mass is 380 g/mol. The van der Waals surface area contributed by atoms with Gasteiger partial charge in [0.2, 0.25) is 0 Å². The van der Waals surface area contributed by atoms with Gasteiger partial charge in [0.25, 0.3) is 0 Å². The molecule has 0 saturated carbocycles. The van der Waals surface area contributed by atoms with Crippen molar-refractivity contribution in [2.75, 3.05) is 0 Å². The molecule has 1 aromatic rings. The number of unbranched alkanes of at least 4 members (excludes halogenated alkanes) is 2. The molecule has 0 atom stereocenters. The van der Waals surface area contributed by atoms with Gasteiger partial charge in [0.1, 0.15) is 0 Å². The molecule has 0 nitrogen and oxygen atoms in total. The summed E-state index contributed by atoms with van der Waals surface area (Å²) < 4.78 is 0. The largest absolute Gasteiger partial charge is 0.0906 e. The fraction of sp³-hybridized carbons (Fsp3) is 0.500. The fourth-order valence-corrected chi connectivity index (χ4v) is 3.01. The first kappa shape index (κ1) is 26.2. The van der Waals surface area contributed by atoms with Crippen LogP contribution in [0.5, 0.6) is 0 Å². The summed E-state index contributed by atoms with van der Waals surface area (Å²) in [5, 5.41) is 0. The molecule has 28 heavy (non-hydrogen) atoms. The highest BCUT2D eigenvalue weighted by Crippen LogP contribution is 2.28. The van der Waals surface area contributed by atoms with Gasteiger partial charge in [-0.2, -0.15) is 0 Å². The van der Waals surface area contributed by atoms with E-state index in [9.17, 15) is 0 Å². The van der Waals surface area contributed by atoms with Gasteiger partial charge in [0, 0.05) is 0 Å². The molecule has 0 unspecified atom stereocenters. The number of hydrogen-bond acceptors (Lipinski definition) is 0. The van der Waals surface area contributed by atoms with E-state index in [1.165, 1.54) is 53.5 Å². The van der Waals surface area contributed by atoms with Crippen molar-refractivity contribution in [2.24, 2.45) is 0 Å². The predicted octanol–water partition coefficient (Wildman–Crippen LogP) is 9.41. The third kappa shape index (κ3) is 9.93. The van der Waals surface area contributed by atoms with Gasteiger partial charge in [-0.05, 0) is 80.7 Å². The lowest BCUT2D eigenvalue weighted by molar-refractivity contribution is 0.713. The van der Waals surface area contributed by atoms with Crippen molar-refractivity contribution in [1.29, 1.82) is 0 Å². The van der Waals surface area contributed by atoms with Gasteiger partial charge in [-0.15, -0.1) is 0 Å². The Balaban J connectivity index is 0.000000566. The van der Waals surface area contributed by atoms with Crippen LogP contribution in [-0.4, -0.2) is 0 Å². The molecule has 0 spiro atoms. The second-order valence-electron chi connectivity index (χ2n) is 7.21. The molecule has 0 heteroatoms. The fourth-order valence-electron chi connectivity index (χ4n) is 3.01. The first-order valence-corrected chi connectivity index (χ1v) is 11.3. The average molecular weight is 381 g/mol. The maximum Gasteiger partial charge on any atom is -0.0152 e. The smallest absolute Gasteiger partial charge is 0.0152 e. The lowest BCUT2D eigenvalue weighted by Gasteiger charge is -2.14. The average Bonchev–Trinajstić information content (AvgIpc) is 2.76. The van der Waals surface area contributed by atoms with Gasteiger partial charge in [-0.1, -0.05) is 95.2 Å². The topological polar surface area (TPSA) is 0 Å². The van der Waals surface area contributed by atoms with Crippen LogP contribution in [0.25, 0.3) is 5.57 Å². The molecular weight excluding hydrogens is 336 g/mol. The molecule has 0 aliphatic heterocycles. The van der Waals surface area contributed by atoms with Crippen LogP contribution in [0.3, 0.4) is 0 Å². The van der Waals surface area contributed by atoms with Crippen LogP contribution in [0, 0.1) is 6.92 Å². The van der Waals surface area contributed by atoms with E-state index in [4.69, 9.17) is 0 Å². The number of allylic oxidation sites excluding steroid dienone is 7. The molecule has 0 aromatic heterocycles. The third-order valence-corrected chi connectivity index (χ3v) is 5.05. The van der Waals surface area contributed by atoms with Gasteiger partial charge >= 0.3 is 0 Å². The zero-order valence-electron chi connectivity index (χ0n) is 19.7. The molecule has 0 fully saturated rings. The molecular formula is C28H44. The summed E-state index contributed by atoms with van der Waals surface area (Å²) >= 11 is 0. The summed E-state index contributed by atoms with van der Waals surface area (Å²) in [4.78, 5) is 0. The Morgan fingerprint density at radius 2 is 1.82 bits per heavy atom. The second kappa shape index (κ2) is 16.2. The first-order chi connectivity index (χ1) is 13.5. The van der Waals surface area contributed by atoms with Crippen LogP contribution in [-0.2, 0) is 6.42 Å². The Hall–Kier alpha value is -1.82. The van der Waals surface area contributed by atoms with Crippen LogP contribution >= 0.6 is 0 Å². The minimum atomic E-state index is 1.08. The number of rotatable bonds is 7. The summed E-state index contributed by atoms with van der Waals surface area (Å²) in [7, 11) is 0. The molecule has 0 N–H and O–H groups in total. The summed E-state index contributed by atoms with van der Waals surface area (Å²) in [6.45, 7) is 19.2. The molecule has 156 valence electrons. The van der Waals surface area contributed by atoms with E-state index in [0.717, 1.165) is 24.8 Å². The van der Waals surface area contributed by atoms with Crippen molar-refractivity contribution in [2.45, 2.75) is 93.4 Å². The molecule has 0 amide bonds. The molecule has 1 aromatic carbocycles. The summed E-state index contributed by atoms with van der Waals surface area (Å²) in [5.74, 6) is 0. The molecule has 2 rings (SSSR count). The number of hydrogen-bond donors (Lipinski definition) is 0. The Kier molecular flexibility index (Phi) is 15.1. The Labute approximate surface area is 176 Å². The van der Waals surface area contributed by atoms with Crippen LogP contribution in [0.15, 0.2) is 60.2 Å². The summed E-state index contributed by atoms with van der Waals surface area (Å²) in [6.07, 6.45) is 17.7. The molecule has 0 bridgehead atoms. The standard InChI is InChI=1S/C17H20.C9H18.C2H6/c1-4-15-11-10-13(2)17(12-15)14(3)16-8-6-5-7-9-16;1-4-6-7-8-9(3)5-2;1-2/h6,8-12H,3-5,7H2,1-2H3;5H,4,6-8H2,1-3H3;1-2H3/b;9-5-;. The maximum absolute atomic E-state index is 4.27. The number of aryl methyl sites for hydroxylation is 2. The Morgan fingerprint density at radius 1 is 1.11 bits per heavy atom. The van der Waals surface area contributed by atoms with Crippen molar-refractivity contribution in [1.82, 2.24) is 0 Å². The van der Waals surface area contributed by atoms with E-state index in [0.29, 0.717) is 0 Å². The van der Waals surface area contributed by atoms with Crippen LogP contribution in [0.1, 0.15) is 96.8 Å². The molecule has 1 aliphatic carbocycles. The van der Waals surface area contributed by atoms with Gasteiger partial charge in [0.05, 0.1) is 0 Å². The summed E-state index contributed by atoms with van der Waals surface area (Å²) in [6, 6.07) is 6.69. The molecule has 0 heterocycles. The van der Waals surface area contributed by atoms with Crippen LogP contribution < -0.4 is 0 Å². The van der Waals surface area contributed by atoms with Gasteiger partial charge < -0.3 is 0 Å². The lowest BCUT2D eigenvalue weighted by Crippen LogP contribution is -1.94. The van der Waals surface area contributed by atoms with E-state index in [2.05, 4.69) is 83.7 Å². The Bertz CT molecular complexity index is 653. The molecule has 0 saturated heterocycles. The van der Waals surface area contributed by atoms with E-state index in [-0.39, 0.29) is 0 Å². The summed E-state index contributed by atoms with van der Waals surface area (Å²) in [5.41, 5.74) is 7.96. The highest BCUT2D eigenvalue weighted by Gasteiger charge is 2.08. The Morgan fingerprint density at radius 3 is 2.36 bits per heavy atom. The first-order valence-electron chi connectivity index (χ1n) is 11.3. The van der Waals surface area contributed by atoms with E-state index in [1.807, 2.05) is 13.8 Å². The van der Waals surface area contributed by atoms with Crippen molar-refractivity contribution in [3.8, 4) is 0 Å². The van der Waals surface area contributed by atoms with Crippen LogP contribution in [0.4, 0.5) is 0 Å². The van der Waals surface area contributed by atoms with Gasteiger partial charge in [0.15, 0.2) is 0 Å².